The van der Waals surface area contributed by atoms with Gasteiger partial charge in [0.25, 0.3) is 5.91 Å². The molecule has 2 aliphatic rings. The summed E-state index contributed by atoms with van der Waals surface area (Å²) in [7, 11) is 0. The third-order valence-corrected chi connectivity index (χ3v) is 6.24. The first-order valence-corrected chi connectivity index (χ1v) is 10.4. The van der Waals surface area contributed by atoms with E-state index in [1.54, 1.807) is 11.8 Å². The Balaban J connectivity index is 1.38. The second-order valence-corrected chi connectivity index (χ2v) is 8.47. The number of nitrogens with two attached hydrogens (primary N) is 1. The number of nitrogens with zero attached hydrogens (tertiary/aromatic N) is 1. The van der Waals surface area contributed by atoms with E-state index < -0.39 is 23.1 Å². The van der Waals surface area contributed by atoms with E-state index >= 15 is 0 Å². The van der Waals surface area contributed by atoms with Crippen LogP contribution in [0, 0.1) is 18.6 Å². The standard InChI is InChI=1S/C23H24F2N4O3/c1-13-8-15(24)10-17-19(30)11-23(28-20(13)17)4-6-29(7-5-23)22(32)27-12-14-2-3-18(25)16(9-14)21(26)31/h2-3,8-10,28H,4-7,11-12H2,1H3,(H2,26,31)(H,27,32). The second-order valence-electron chi connectivity index (χ2n) is 8.47. The number of aryl methyl sites for hydroxylation is 1. The summed E-state index contributed by atoms with van der Waals surface area (Å²) in [5.41, 5.74) is 6.76. The number of likely N-dealkylation sites (tertiary alicyclic amines) is 1. The molecule has 0 unspecified atom stereocenters. The molecule has 3 amide bonds. The lowest BCUT2D eigenvalue weighted by atomic mass is 9.78. The summed E-state index contributed by atoms with van der Waals surface area (Å²) < 4.78 is 27.3. The Bertz CT molecular complexity index is 1110. The zero-order valence-corrected chi connectivity index (χ0v) is 17.6. The van der Waals surface area contributed by atoms with Gasteiger partial charge in [-0.05, 0) is 55.2 Å². The number of halogens is 2. The highest BCUT2D eigenvalue weighted by molar-refractivity contribution is 6.04. The quantitative estimate of drug-likeness (QED) is 0.679. The molecule has 0 bridgehead atoms. The molecule has 2 aliphatic heterocycles. The Morgan fingerprint density at radius 1 is 1.19 bits per heavy atom. The van der Waals surface area contributed by atoms with Crippen molar-refractivity contribution in [3.8, 4) is 0 Å². The van der Waals surface area contributed by atoms with Crippen LogP contribution in [0.1, 0.15) is 51.1 Å². The van der Waals surface area contributed by atoms with Crippen LogP contribution >= 0.6 is 0 Å². The number of ketones is 1. The highest BCUT2D eigenvalue weighted by Gasteiger charge is 2.42. The van der Waals surface area contributed by atoms with Gasteiger partial charge in [-0.25, -0.2) is 13.6 Å². The minimum atomic E-state index is -0.869. The number of urea groups is 1. The third-order valence-electron chi connectivity index (χ3n) is 6.24. The molecule has 32 heavy (non-hydrogen) atoms. The van der Waals surface area contributed by atoms with Crippen molar-refractivity contribution in [2.75, 3.05) is 18.4 Å². The van der Waals surface area contributed by atoms with Crippen LogP contribution in [0.4, 0.5) is 19.3 Å². The van der Waals surface area contributed by atoms with Crippen molar-refractivity contribution in [1.29, 1.82) is 0 Å². The Hall–Kier alpha value is -3.49. The Morgan fingerprint density at radius 3 is 2.59 bits per heavy atom. The van der Waals surface area contributed by atoms with Crippen LogP contribution in [-0.4, -0.2) is 41.2 Å². The summed E-state index contributed by atoms with van der Waals surface area (Å²) >= 11 is 0. The van der Waals surface area contributed by atoms with E-state index in [0.29, 0.717) is 48.3 Å². The van der Waals surface area contributed by atoms with Crippen LogP contribution in [0.15, 0.2) is 30.3 Å². The van der Waals surface area contributed by atoms with Gasteiger partial charge >= 0.3 is 6.03 Å². The third kappa shape index (κ3) is 4.15. The lowest BCUT2D eigenvalue weighted by Gasteiger charge is -2.45. The number of hydrogen-bond acceptors (Lipinski definition) is 4. The van der Waals surface area contributed by atoms with Crippen molar-refractivity contribution in [3.63, 3.8) is 0 Å². The van der Waals surface area contributed by atoms with Gasteiger partial charge in [-0.15, -0.1) is 0 Å². The predicted molar refractivity (Wildman–Crippen MR) is 114 cm³/mol. The number of rotatable bonds is 3. The number of carbonyl (C=O) groups excluding carboxylic acids is 3. The first-order valence-electron chi connectivity index (χ1n) is 10.4. The van der Waals surface area contributed by atoms with Crippen molar-refractivity contribution in [2.45, 2.75) is 38.3 Å². The van der Waals surface area contributed by atoms with Crippen LogP contribution in [0.5, 0.6) is 0 Å². The number of amides is 3. The van der Waals surface area contributed by atoms with E-state index in [2.05, 4.69) is 10.6 Å². The Kier molecular flexibility index (Phi) is 5.58. The fourth-order valence-electron chi connectivity index (χ4n) is 4.44. The van der Waals surface area contributed by atoms with E-state index in [4.69, 9.17) is 5.73 Å². The molecule has 1 spiro atoms. The second kappa shape index (κ2) is 8.22. The summed E-state index contributed by atoms with van der Waals surface area (Å²) in [6, 6.07) is 6.33. The Labute approximate surface area is 184 Å². The number of Topliss-reactive ketones (excluding diaryl/α,β-unsaturated/α-hetero) is 1. The highest BCUT2D eigenvalue weighted by Crippen LogP contribution is 2.39. The molecule has 0 radical (unpaired) electrons. The van der Waals surface area contributed by atoms with Gasteiger partial charge in [0.2, 0.25) is 0 Å². The number of primary amides is 1. The topological polar surface area (TPSA) is 105 Å². The number of benzene rings is 2. The highest BCUT2D eigenvalue weighted by atomic mass is 19.1. The van der Waals surface area contributed by atoms with Crippen LogP contribution in [0.2, 0.25) is 0 Å². The maximum Gasteiger partial charge on any atom is 0.317 e. The fraction of sp³-hybridized carbons (Fsp3) is 0.348. The predicted octanol–water partition coefficient (Wildman–Crippen LogP) is 3.11. The molecule has 0 saturated carbocycles. The van der Waals surface area contributed by atoms with Crippen LogP contribution in [0.3, 0.4) is 0 Å². The number of anilines is 1. The molecule has 2 aromatic carbocycles. The van der Waals surface area contributed by atoms with E-state index in [0.717, 1.165) is 6.07 Å². The molecular weight excluding hydrogens is 418 g/mol. The lowest BCUT2D eigenvalue weighted by Crippen LogP contribution is -2.55. The van der Waals surface area contributed by atoms with Gasteiger partial charge < -0.3 is 21.3 Å². The molecule has 7 nitrogen and oxygen atoms in total. The van der Waals surface area contributed by atoms with Crippen LogP contribution in [-0.2, 0) is 6.54 Å². The van der Waals surface area contributed by atoms with Gasteiger partial charge in [-0.2, -0.15) is 0 Å². The van der Waals surface area contributed by atoms with Gasteiger partial charge in [0.05, 0.1) is 5.56 Å². The first kappa shape index (κ1) is 21.7. The molecule has 0 aromatic heterocycles. The molecule has 1 saturated heterocycles. The van der Waals surface area contributed by atoms with Gasteiger partial charge in [0.1, 0.15) is 11.6 Å². The largest absolute Gasteiger partial charge is 0.378 e. The minimum absolute atomic E-state index is 0.0965. The maximum absolute atomic E-state index is 13.7. The number of piperidine rings is 1. The minimum Gasteiger partial charge on any atom is -0.378 e. The van der Waals surface area contributed by atoms with Crippen molar-refractivity contribution in [2.24, 2.45) is 5.73 Å². The molecule has 168 valence electrons. The van der Waals surface area contributed by atoms with E-state index in [1.807, 2.05) is 0 Å². The zero-order chi connectivity index (χ0) is 23.0. The average Bonchev–Trinajstić information content (AvgIpc) is 2.74. The average molecular weight is 442 g/mol. The molecule has 4 N–H and O–H groups in total. The molecule has 4 rings (SSSR count). The van der Waals surface area contributed by atoms with Crippen molar-refractivity contribution < 1.29 is 23.2 Å². The number of hydrogen-bond donors (Lipinski definition) is 3. The summed E-state index contributed by atoms with van der Waals surface area (Å²) in [5, 5.41) is 6.22. The van der Waals surface area contributed by atoms with Gasteiger partial charge in [-0.3, -0.25) is 9.59 Å². The normalized spacial score (nSPS) is 17.0. The zero-order valence-electron chi connectivity index (χ0n) is 17.6. The monoisotopic (exact) mass is 442 g/mol. The SMILES string of the molecule is Cc1cc(F)cc2c1NC1(CCN(C(=O)NCc3ccc(F)c(C(N)=O)c3)CC1)CC2=O. The smallest absolute Gasteiger partial charge is 0.317 e. The van der Waals surface area contributed by atoms with Crippen molar-refractivity contribution in [1.82, 2.24) is 10.2 Å². The van der Waals surface area contributed by atoms with Crippen molar-refractivity contribution >= 4 is 23.4 Å². The number of carbonyl (C=O) groups is 3. The lowest BCUT2D eigenvalue weighted by molar-refractivity contribution is 0.0914. The van der Waals surface area contributed by atoms with Crippen LogP contribution in [0.25, 0.3) is 0 Å². The fourth-order valence-corrected chi connectivity index (χ4v) is 4.44. The summed E-state index contributed by atoms with van der Waals surface area (Å²) in [6.45, 7) is 2.77. The number of fused-ring (bicyclic) bond motifs is 1. The molecule has 2 aromatic rings. The summed E-state index contributed by atoms with van der Waals surface area (Å²) in [6.07, 6.45) is 1.40. The van der Waals surface area contributed by atoms with E-state index in [1.165, 1.54) is 24.3 Å². The van der Waals surface area contributed by atoms with Crippen molar-refractivity contribution in [3.05, 3.63) is 64.2 Å². The molecule has 9 heteroatoms. The van der Waals surface area contributed by atoms with E-state index in [9.17, 15) is 23.2 Å². The number of nitrogens with one attached hydrogen (secondary N) is 2. The molecular formula is C23H24F2N4O3. The molecule has 2 heterocycles. The Morgan fingerprint density at radius 2 is 1.91 bits per heavy atom. The van der Waals surface area contributed by atoms with Gasteiger partial charge in [0.15, 0.2) is 5.78 Å². The summed E-state index contributed by atoms with van der Waals surface area (Å²) in [5.74, 6) is -2.10. The van der Waals surface area contributed by atoms with E-state index in [-0.39, 0.29) is 30.3 Å². The summed E-state index contributed by atoms with van der Waals surface area (Å²) in [4.78, 5) is 38.2. The van der Waals surface area contributed by atoms with Gasteiger partial charge in [0, 0.05) is 42.8 Å². The van der Waals surface area contributed by atoms with Crippen LogP contribution < -0.4 is 16.4 Å². The molecule has 1 fully saturated rings. The van der Waals surface area contributed by atoms with Gasteiger partial charge in [-0.1, -0.05) is 6.07 Å². The first-order chi connectivity index (χ1) is 15.2. The molecule has 0 atom stereocenters. The molecule has 0 aliphatic carbocycles. The maximum atomic E-state index is 13.7.